The van der Waals surface area contributed by atoms with Crippen molar-refractivity contribution >= 4 is 27.7 Å². The minimum Gasteiger partial charge on any atom is -0.483 e. The van der Waals surface area contributed by atoms with Crippen molar-refractivity contribution in [3.63, 3.8) is 0 Å². The highest BCUT2D eigenvalue weighted by atomic mass is 79.9. The summed E-state index contributed by atoms with van der Waals surface area (Å²) < 4.78 is 20.3. The first-order chi connectivity index (χ1) is 18.5. The van der Waals surface area contributed by atoms with Gasteiger partial charge in [-0.05, 0) is 75.6 Å². The third-order valence-corrected chi connectivity index (χ3v) is 7.31. The monoisotopic (exact) mass is 596 g/mol. The number of halogens is 2. The number of carbonyl (C=O) groups is 2. The van der Waals surface area contributed by atoms with Gasteiger partial charge in [-0.1, -0.05) is 76.2 Å². The predicted octanol–water partition coefficient (Wildman–Crippen LogP) is 6.82. The number of amides is 2. The number of nitrogens with zero attached hydrogens (tertiary/aromatic N) is 1. The van der Waals surface area contributed by atoms with E-state index < -0.39 is 6.04 Å². The Kier molecular flexibility index (Phi) is 10.7. The van der Waals surface area contributed by atoms with Crippen molar-refractivity contribution in [3.8, 4) is 5.75 Å². The van der Waals surface area contributed by atoms with Crippen LogP contribution in [0.25, 0.3) is 0 Å². The molecule has 3 aromatic rings. The molecule has 7 heteroatoms. The summed E-state index contributed by atoms with van der Waals surface area (Å²) in [5.41, 5.74) is 2.75. The van der Waals surface area contributed by atoms with E-state index in [0.29, 0.717) is 12.2 Å². The van der Waals surface area contributed by atoms with Crippen molar-refractivity contribution in [2.45, 2.75) is 71.5 Å². The zero-order valence-corrected chi connectivity index (χ0v) is 24.9. The molecule has 3 rings (SSSR count). The molecule has 0 aliphatic rings. The molecule has 2 unspecified atom stereocenters. The molecule has 2 amide bonds. The van der Waals surface area contributed by atoms with Gasteiger partial charge in [0.1, 0.15) is 17.6 Å². The molecule has 0 aliphatic heterocycles. The van der Waals surface area contributed by atoms with Gasteiger partial charge in [0.05, 0.1) is 4.47 Å². The van der Waals surface area contributed by atoms with Crippen LogP contribution in [0.15, 0.2) is 77.3 Å². The Bertz CT molecular complexity index is 1240. The van der Waals surface area contributed by atoms with Gasteiger partial charge in [-0.25, -0.2) is 4.39 Å². The largest absolute Gasteiger partial charge is 0.483 e. The standard InChI is InChI=1S/C32H38BrFN2O3/c1-6-22(2)35-31(38)28(18-23-10-8-7-9-11-23)36(20-24-12-15-26(34)16-13-24)30(37)21-39-29-17-14-25(19-27(29)33)32(3,4)5/h7-17,19,22,28H,6,18,20-21H2,1-5H3,(H,35,38). The number of rotatable bonds is 11. The molecule has 3 aromatic carbocycles. The summed E-state index contributed by atoms with van der Waals surface area (Å²) in [7, 11) is 0. The molecule has 208 valence electrons. The first-order valence-corrected chi connectivity index (χ1v) is 14.1. The maximum atomic E-state index is 13.7. The lowest BCUT2D eigenvalue weighted by molar-refractivity contribution is -0.143. The fourth-order valence-corrected chi connectivity index (χ4v) is 4.58. The summed E-state index contributed by atoms with van der Waals surface area (Å²) in [6.45, 7) is 10.2. The quantitative estimate of drug-likeness (QED) is 0.264. The minimum atomic E-state index is -0.783. The molecule has 0 bridgehead atoms. The molecule has 0 heterocycles. The van der Waals surface area contributed by atoms with Crippen molar-refractivity contribution in [1.82, 2.24) is 10.2 Å². The molecule has 0 aliphatic carbocycles. The summed E-state index contributed by atoms with van der Waals surface area (Å²) >= 11 is 3.57. The molecule has 0 saturated heterocycles. The summed E-state index contributed by atoms with van der Waals surface area (Å²) in [5, 5.41) is 3.04. The number of benzene rings is 3. The Hall–Kier alpha value is -3.19. The molecule has 0 saturated carbocycles. The van der Waals surface area contributed by atoms with Gasteiger partial charge in [-0.2, -0.15) is 0 Å². The first-order valence-electron chi connectivity index (χ1n) is 13.3. The van der Waals surface area contributed by atoms with Gasteiger partial charge >= 0.3 is 0 Å². The summed E-state index contributed by atoms with van der Waals surface area (Å²) in [6, 6.07) is 20.6. The lowest BCUT2D eigenvalue weighted by Gasteiger charge is -2.32. The second-order valence-corrected chi connectivity index (χ2v) is 11.7. The summed E-state index contributed by atoms with van der Waals surface area (Å²) in [5.74, 6) is -0.397. The van der Waals surface area contributed by atoms with Crippen LogP contribution in [0.1, 0.15) is 57.7 Å². The molecule has 1 N–H and O–H groups in total. The Labute approximate surface area is 239 Å². The third-order valence-electron chi connectivity index (χ3n) is 6.69. The van der Waals surface area contributed by atoms with E-state index in [0.717, 1.165) is 27.6 Å². The van der Waals surface area contributed by atoms with Gasteiger partial charge in [0.25, 0.3) is 5.91 Å². The number of nitrogens with one attached hydrogen (secondary N) is 1. The van der Waals surface area contributed by atoms with E-state index in [1.807, 2.05) is 62.4 Å². The molecule has 0 aromatic heterocycles. The van der Waals surface area contributed by atoms with Gasteiger partial charge < -0.3 is 15.0 Å². The van der Waals surface area contributed by atoms with E-state index in [1.54, 1.807) is 12.1 Å². The van der Waals surface area contributed by atoms with Gasteiger partial charge in [-0.3, -0.25) is 9.59 Å². The summed E-state index contributed by atoms with van der Waals surface area (Å²) in [6.07, 6.45) is 1.09. The van der Waals surface area contributed by atoms with Crippen LogP contribution < -0.4 is 10.1 Å². The fourth-order valence-electron chi connectivity index (χ4n) is 4.09. The molecular formula is C32H38BrFN2O3. The lowest BCUT2D eigenvalue weighted by Crippen LogP contribution is -2.53. The van der Waals surface area contributed by atoms with Gasteiger partial charge in [0, 0.05) is 19.0 Å². The van der Waals surface area contributed by atoms with E-state index in [1.165, 1.54) is 17.0 Å². The normalized spacial score (nSPS) is 12.9. The zero-order chi connectivity index (χ0) is 28.6. The third kappa shape index (κ3) is 8.92. The molecule has 5 nitrogen and oxygen atoms in total. The fraction of sp³-hybridized carbons (Fsp3) is 0.375. The second-order valence-electron chi connectivity index (χ2n) is 10.9. The predicted molar refractivity (Wildman–Crippen MR) is 157 cm³/mol. The van der Waals surface area contributed by atoms with E-state index in [4.69, 9.17) is 4.74 Å². The maximum Gasteiger partial charge on any atom is 0.261 e. The van der Waals surface area contributed by atoms with Crippen LogP contribution in [-0.2, 0) is 28.0 Å². The van der Waals surface area contributed by atoms with Crippen molar-refractivity contribution in [2.75, 3.05) is 6.61 Å². The van der Waals surface area contributed by atoms with Gasteiger partial charge in [0.2, 0.25) is 5.91 Å². The molecular weight excluding hydrogens is 559 g/mol. The minimum absolute atomic E-state index is 0.0313. The Balaban J connectivity index is 1.91. The van der Waals surface area contributed by atoms with Crippen LogP contribution in [0.2, 0.25) is 0 Å². The topological polar surface area (TPSA) is 58.6 Å². The van der Waals surface area contributed by atoms with Crippen molar-refractivity contribution in [1.29, 1.82) is 0 Å². The van der Waals surface area contributed by atoms with Crippen LogP contribution in [0.3, 0.4) is 0 Å². The van der Waals surface area contributed by atoms with Crippen molar-refractivity contribution in [2.24, 2.45) is 0 Å². The molecule has 2 atom stereocenters. The van der Waals surface area contributed by atoms with Crippen LogP contribution in [0.4, 0.5) is 4.39 Å². The Morgan fingerprint density at radius 1 is 1.00 bits per heavy atom. The molecule has 0 radical (unpaired) electrons. The zero-order valence-electron chi connectivity index (χ0n) is 23.3. The van der Waals surface area contributed by atoms with Crippen molar-refractivity contribution < 1.29 is 18.7 Å². The Morgan fingerprint density at radius 3 is 2.26 bits per heavy atom. The van der Waals surface area contributed by atoms with E-state index in [2.05, 4.69) is 42.0 Å². The molecule has 39 heavy (non-hydrogen) atoms. The lowest BCUT2D eigenvalue weighted by atomic mass is 9.87. The average molecular weight is 598 g/mol. The van der Waals surface area contributed by atoms with Gasteiger partial charge in [0.15, 0.2) is 6.61 Å². The molecule has 0 spiro atoms. The van der Waals surface area contributed by atoms with E-state index in [9.17, 15) is 14.0 Å². The highest BCUT2D eigenvalue weighted by Crippen LogP contribution is 2.31. The highest BCUT2D eigenvalue weighted by Gasteiger charge is 2.31. The average Bonchev–Trinajstić information content (AvgIpc) is 2.90. The first kappa shape index (κ1) is 30.4. The van der Waals surface area contributed by atoms with Crippen LogP contribution >= 0.6 is 15.9 Å². The summed E-state index contributed by atoms with van der Waals surface area (Å²) in [4.78, 5) is 28.8. The molecule has 0 fully saturated rings. The smallest absolute Gasteiger partial charge is 0.261 e. The highest BCUT2D eigenvalue weighted by molar-refractivity contribution is 9.10. The van der Waals surface area contributed by atoms with Crippen LogP contribution in [-0.4, -0.2) is 35.4 Å². The van der Waals surface area contributed by atoms with Crippen LogP contribution in [0, 0.1) is 5.82 Å². The Morgan fingerprint density at radius 2 is 1.67 bits per heavy atom. The van der Waals surface area contributed by atoms with Crippen molar-refractivity contribution in [3.05, 3.63) is 99.8 Å². The van der Waals surface area contributed by atoms with Crippen LogP contribution in [0.5, 0.6) is 5.75 Å². The maximum absolute atomic E-state index is 13.7. The van der Waals surface area contributed by atoms with E-state index >= 15 is 0 Å². The second kappa shape index (κ2) is 13.7. The number of hydrogen-bond donors (Lipinski definition) is 1. The number of hydrogen-bond acceptors (Lipinski definition) is 3. The van der Waals surface area contributed by atoms with E-state index in [-0.39, 0.29) is 42.2 Å². The SMILES string of the molecule is CCC(C)NC(=O)C(Cc1ccccc1)N(Cc1ccc(F)cc1)C(=O)COc1ccc(C(C)(C)C)cc1Br. The van der Waals surface area contributed by atoms with Gasteiger partial charge in [-0.15, -0.1) is 0 Å². The number of ether oxygens (including phenoxy) is 1. The number of carbonyl (C=O) groups excluding carboxylic acids is 2.